The molecule has 1 atom stereocenters. The SMILES string of the molecule is CCCC(NCCCCCOC)c1cccc([N+](=O)[O-])c1. The van der Waals surface area contributed by atoms with Crippen LogP contribution < -0.4 is 5.32 Å². The molecule has 0 bridgehead atoms. The van der Waals surface area contributed by atoms with E-state index in [9.17, 15) is 10.1 Å². The summed E-state index contributed by atoms with van der Waals surface area (Å²) in [5.41, 5.74) is 1.17. The molecule has 0 radical (unpaired) electrons. The Morgan fingerprint density at radius 1 is 1.33 bits per heavy atom. The summed E-state index contributed by atoms with van der Waals surface area (Å²) in [5.74, 6) is 0. The highest BCUT2D eigenvalue weighted by atomic mass is 16.6. The Kier molecular flexibility index (Phi) is 8.62. The molecule has 0 fully saturated rings. The van der Waals surface area contributed by atoms with Crippen LogP contribution >= 0.6 is 0 Å². The molecular formula is C16H26N2O3. The second kappa shape index (κ2) is 10.3. The minimum absolute atomic E-state index is 0.162. The quantitative estimate of drug-likeness (QED) is 0.382. The van der Waals surface area contributed by atoms with Gasteiger partial charge in [-0.1, -0.05) is 25.5 Å². The Morgan fingerprint density at radius 2 is 2.14 bits per heavy atom. The van der Waals surface area contributed by atoms with Gasteiger partial charge in [0.1, 0.15) is 0 Å². The number of methoxy groups -OCH3 is 1. The van der Waals surface area contributed by atoms with Crippen LogP contribution in [0.5, 0.6) is 0 Å². The van der Waals surface area contributed by atoms with Crippen LogP contribution in [0.25, 0.3) is 0 Å². The van der Waals surface area contributed by atoms with Gasteiger partial charge in [0.05, 0.1) is 4.92 Å². The van der Waals surface area contributed by atoms with E-state index in [0.29, 0.717) is 0 Å². The van der Waals surface area contributed by atoms with Crippen molar-refractivity contribution in [3.8, 4) is 0 Å². The molecule has 1 N–H and O–H groups in total. The van der Waals surface area contributed by atoms with Crippen LogP contribution in [0.4, 0.5) is 5.69 Å². The number of benzene rings is 1. The zero-order valence-corrected chi connectivity index (χ0v) is 13.0. The molecule has 5 nitrogen and oxygen atoms in total. The summed E-state index contributed by atoms with van der Waals surface area (Å²) in [6, 6.07) is 7.13. The van der Waals surface area contributed by atoms with Crippen LogP contribution in [0.2, 0.25) is 0 Å². The highest BCUT2D eigenvalue weighted by Crippen LogP contribution is 2.22. The van der Waals surface area contributed by atoms with Crippen molar-refractivity contribution in [3.05, 3.63) is 39.9 Å². The van der Waals surface area contributed by atoms with Crippen molar-refractivity contribution in [1.82, 2.24) is 5.32 Å². The van der Waals surface area contributed by atoms with Crippen LogP contribution in [0.15, 0.2) is 24.3 Å². The number of hydrogen-bond acceptors (Lipinski definition) is 4. The van der Waals surface area contributed by atoms with Crippen molar-refractivity contribution in [2.24, 2.45) is 0 Å². The fourth-order valence-electron chi connectivity index (χ4n) is 2.35. The van der Waals surface area contributed by atoms with Gasteiger partial charge in [-0.2, -0.15) is 0 Å². The summed E-state index contributed by atoms with van der Waals surface area (Å²) in [5, 5.41) is 14.4. The van der Waals surface area contributed by atoms with Crippen LogP contribution in [0.1, 0.15) is 50.6 Å². The van der Waals surface area contributed by atoms with Gasteiger partial charge in [-0.05, 0) is 37.8 Å². The maximum Gasteiger partial charge on any atom is 0.269 e. The smallest absolute Gasteiger partial charge is 0.269 e. The maximum atomic E-state index is 10.9. The van der Waals surface area contributed by atoms with E-state index in [-0.39, 0.29) is 16.7 Å². The van der Waals surface area contributed by atoms with E-state index in [4.69, 9.17) is 4.74 Å². The van der Waals surface area contributed by atoms with E-state index in [1.807, 2.05) is 6.07 Å². The summed E-state index contributed by atoms with van der Waals surface area (Å²) in [4.78, 5) is 10.5. The summed E-state index contributed by atoms with van der Waals surface area (Å²) < 4.78 is 5.03. The maximum absolute atomic E-state index is 10.9. The van der Waals surface area contributed by atoms with Crippen molar-refractivity contribution in [2.45, 2.75) is 45.1 Å². The third-order valence-corrected chi connectivity index (χ3v) is 3.48. The molecule has 0 heterocycles. The number of ether oxygens (including phenoxy) is 1. The van der Waals surface area contributed by atoms with Gasteiger partial charge in [-0.25, -0.2) is 0 Å². The summed E-state index contributed by atoms with van der Waals surface area (Å²) in [6.07, 6.45) is 5.34. The molecule has 0 spiro atoms. The van der Waals surface area contributed by atoms with E-state index in [0.717, 1.165) is 50.8 Å². The summed E-state index contributed by atoms with van der Waals surface area (Å²) >= 11 is 0. The topological polar surface area (TPSA) is 64.4 Å². The molecule has 118 valence electrons. The lowest BCUT2D eigenvalue weighted by molar-refractivity contribution is -0.384. The average Bonchev–Trinajstić information content (AvgIpc) is 2.49. The lowest BCUT2D eigenvalue weighted by atomic mass is 10.0. The Morgan fingerprint density at radius 3 is 2.81 bits per heavy atom. The van der Waals surface area contributed by atoms with Crippen LogP contribution in [-0.2, 0) is 4.74 Å². The number of nitrogens with one attached hydrogen (secondary N) is 1. The fraction of sp³-hybridized carbons (Fsp3) is 0.625. The minimum atomic E-state index is -0.336. The van der Waals surface area contributed by atoms with E-state index >= 15 is 0 Å². The third-order valence-electron chi connectivity index (χ3n) is 3.48. The second-order valence-corrected chi connectivity index (χ2v) is 5.20. The molecule has 1 aromatic rings. The number of rotatable bonds is 11. The van der Waals surface area contributed by atoms with Gasteiger partial charge in [-0.15, -0.1) is 0 Å². The summed E-state index contributed by atoms with van der Waals surface area (Å²) in [6.45, 7) is 3.87. The molecular weight excluding hydrogens is 268 g/mol. The number of non-ortho nitro benzene ring substituents is 1. The lowest BCUT2D eigenvalue weighted by Gasteiger charge is -2.18. The van der Waals surface area contributed by atoms with Gasteiger partial charge in [0, 0.05) is 31.9 Å². The molecule has 0 aliphatic rings. The Labute approximate surface area is 126 Å². The second-order valence-electron chi connectivity index (χ2n) is 5.20. The predicted molar refractivity (Wildman–Crippen MR) is 84.5 cm³/mol. The largest absolute Gasteiger partial charge is 0.385 e. The molecule has 5 heteroatoms. The zero-order chi connectivity index (χ0) is 15.5. The predicted octanol–water partition coefficient (Wildman–Crippen LogP) is 3.84. The normalized spacial score (nSPS) is 12.3. The number of unbranched alkanes of at least 4 members (excludes halogenated alkanes) is 2. The minimum Gasteiger partial charge on any atom is -0.385 e. The Hall–Kier alpha value is -1.46. The molecule has 0 aliphatic carbocycles. The van der Waals surface area contributed by atoms with Crippen molar-refractivity contribution in [1.29, 1.82) is 0 Å². The molecule has 0 saturated carbocycles. The molecule has 0 amide bonds. The molecule has 0 saturated heterocycles. The van der Waals surface area contributed by atoms with Crippen molar-refractivity contribution in [2.75, 3.05) is 20.3 Å². The van der Waals surface area contributed by atoms with Gasteiger partial charge in [0.25, 0.3) is 5.69 Å². The highest BCUT2D eigenvalue weighted by Gasteiger charge is 2.13. The first-order valence-corrected chi connectivity index (χ1v) is 7.65. The van der Waals surface area contributed by atoms with Crippen LogP contribution in [-0.4, -0.2) is 25.2 Å². The lowest BCUT2D eigenvalue weighted by Crippen LogP contribution is -2.22. The molecule has 1 unspecified atom stereocenters. The molecule has 0 aromatic heterocycles. The molecule has 1 rings (SSSR count). The van der Waals surface area contributed by atoms with Gasteiger partial charge < -0.3 is 10.1 Å². The van der Waals surface area contributed by atoms with E-state index in [1.54, 1.807) is 19.2 Å². The summed E-state index contributed by atoms with van der Waals surface area (Å²) in [7, 11) is 1.72. The average molecular weight is 294 g/mol. The standard InChI is InChI=1S/C16H26N2O3/c1-3-8-16(17-11-5-4-6-12-21-2)14-9-7-10-15(13-14)18(19)20/h7,9-10,13,16-17H,3-6,8,11-12H2,1-2H3. The van der Waals surface area contributed by atoms with Crippen molar-refractivity contribution >= 4 is 5.69 Å². The third kappa shape index (κ3) is 6.69. The van der Waals surface area contributed by atoms with Gasteiger partial charge in [0.15, 0.2) is 0 Å². The van der Waals surface area contributed by atoms with Gasteiger partial charge in [-0.3, -0.25) is 10.1 Å². The number of nitrogens with zero attached hydrogens (tertiary/aromatic N) is 1. The Balaban J connectivity index is 2.52. The van der Waals surface area contributed by atoms with Crippen molar-refractivity contribution in [3.63, 3.8) is 0 Å². The molecule has 1 aromatic carbocycles. The fourth-order valence-corrected chi connectivity index (χ4v) is 2.35. The highest BCUT2D eigenvalue weighted by molar-refractivity contribution is 5.35. The first-order chi connectivity index (χ1) is 10.2. The number of hydrogen-bond donors (Lipinski definition) is 1. The first kappa shape index (κ1) is 17.6. The zero-order valence-electron chi connectivity index (χ0n) is 13.0. The first-order valence-electron chi connectivity index (χ1n) is 7.65. The Bertz CT molecular complexity index is 424. The van der Waals surface area contributed by atoms with Gasteiger partial charge >= 0.3 is 0 Å². The molecule has 0 aliphatic heterocycles. The monoisotopic (exact) mass is 294 g/mol. The van der Waals surface area contributed by atoms with Crippen molar-refractivity contribution < 1.29 is 9.66 Å². The van der Waals surface area contributed by atoms with Crippen LogP contribution in [0, 0.1) is 10.1 Å². The van der Waals surface area contributed by atoms with E-state index in [1.165, 1.54) is 6.07 Å². The van der Waals surface area contributed by atoms with E-state index in [2.05, 4.69) is 12.2 Å². The molecule has 21 heavy (non-hydrogen) atoms. The number of nitro groups is 1. The van der Waals surface area contributed by atoms with Gasteiger partial charge in [0.2, 0.25) is 0 Å². The van der Waals surface area contributed by atoms with Crippen LogP contribution in [0.3, 0.4) is 0 Å². The van der Waals surface area contributed by atoms with E-state index < -0.39 is 0 Å². The number of nitro benzene ring substituents is 1.